The number of pyridine rings is 1. The van der Waals surface area contributed by atoms with Crippen LogP contribution in [0.2, 0.25) is 0 Å². The van der Waals surface area contributed by atoms with Crippen molar-refractivity contribution in [2.45, 2.75) is 0 Å². The smallest absolute Gasteiger partial charge is 0.250 e. The largest absolute Gasteiger partial charge is 0.453 e. The van der Waals surface area contributed by atoms with Gasteiger partial charge in [0.25, 0.3) is 0 Å². The summed E-state index contributed by atoms with van der Waals surface area (Å²) in [5.41, 5.74) is 0.438. The average molecular weight is 435 g/mol. The number of amides is 1. The van der Waals surface area contributed by atoms with Crippen molar-refractivity contribution in [3.63, 3.8) is 0 Å². The first-order valence-corrected chi connectivity index (χ1v) is 10.7. The number of rotatable bonds is 7. The van der Waals surface area contributed by atoms with E-state index in [-0.39, 0.29) is 16.0 Å². The van der Waals surface area contributed by atoms with E-state index in [2.05, 4.69) is 25.2 Å². The van der Waals surface area contributed by atoms with E-state index < -0.39 is 21.7 Å². The third kappa shape index (κ3) is 6.33. The Morgan fingerprint density at radius 3 is 2.72 bits per heavy atom. The predicted octanol–water partition coefficient (Wildman–Crippen LogP) is 2.89. The molecule has 0 unspecified atom stereocenters. The molecule has 0 aliphatic carbocycles. The summed E-state index contributed by atoms with van der Waals surface area (Å²) >= 11 is 0.855. The number of nitrogens with one attached hydrogen (secondary N) is 2. The Labute approximate surface area is 169 Å². The highest BCUT2D eigenvalue weighted by Gasteiger charge is 2.10. The number of halogens is 1. The normalized spacial score (nSPS) is 11.4. The van der Waals surface area contributed by atoms with Crippen molar-refractivity contribution in [1.29, 1.82) is 0 Å². The van der Waals surface area contributed by atoms with Gasteiger partial charge in [-0.1, -0.05) is 17.4 Å². The molecule has 2 heterocycles. The van der Waals surface area contributed by atoms with Crippen molar-refractivity contribution >= 4 is 43.6 Å². The third-order valence-corrected chi connectivity index (χ3v) is 4.62. The van der Waals surface area contributed by atoms with E-state index in [0.717, 1.165) is 17.6 Å². The number of ether oxygens (including phenoxy) is 1. The molecule has 150 valence electrons. The van der Waals surface area contributed by atoms with Gasteiger partial charge in [-0.15, -0.1) is 10.2 Å². The van der Waals surface area contributed by atoms with E-state index in [1.165, 1.54) is 30.5 Å². The maximum absolute atomic E-state index is 14.2. The molecule has 0 fully saturated rings. The Morgan fingerprint density at radius 2 is 2.03 bits per heavy atom. The van der Waals surface area contributed by atoms with Crippen LogP contribution in [0.4, 0.5) is 14.7 Å². The quantitative estimate of drug-likeness (QED) is 0.547. The molecule has 9 nitrogen and oxygen atoms in total. The summed E-state index contributed by atoms with van der Waals surface area (Å²) < 4.78 is 44.0. The van der Waals surface area contributed by atoms with Gasteiger partial charge in [-0.2, -0.15) is 0 Å². The second kappa shape index (κ2) is 8.75. The van der Waals surface area contributed by atoms with Crippen LogP contribution in [0, 0.1) is 5.82 Å². The van der Waals surface area contributed by atoms with Gasteiger partial charge in [-0.3, -0.25) is 19.8 Å². The SMILES string of the molecule is CS(=O)(=O)Nc1nnc(NC(=O)/C=C/c2ccc(Oc3cccnc3)c(F)c2)s1. The summed E-state index contributed by atoms with van der Waals surface area (Å²) in [7, 11) is -3.48. The van der Waals surface area contributed by atoms with Crippen LogP contribution in [0.1, 0.15) is 5.56 Å². The van der Waals surface area contributed by atoms with Crippen LogP contribution >= 0.6 is 11.3 Å². The van der Waals surface area contributed by atoms with Gasteiger partial charge >= 0.3 is 0 Å². The summed E-state index contributed by atoms with van der Waals surface area (Å²) in [6.45, 7) is 0. The van der Waals surface area contributed by atoms with Crippen molar-refractivity contribution in [2.24, 2.45) is 0 Å². The lowest BCUT2D eigenvalue weighted by molar-refractivity contribution is -0.111. The van der Waals surface area contributed by atoms with Crippen LogP contribution in [0.15, 0.2) is 48.8 Å². The zero-order chi connectivity index (χ0) is 20.9. The molecule has 0 saturated carbocycles. The van der Waals surface area contributed by atoms with Crippen LogP contribution in [0.5, 0.6) is 11.5 Å². The lowest BCUT2D eigenvalue weighted by atomic mass is 10.2. The number of benzene rings is 1. The van der Waals surface area contributed by atoms with Crippen molar-refractivity contribution in [1.82, 2.24) is 15.2 Å². The topological polar surface area (TPSA) is 123 Å². The number of sulfonamides is 1. The average Bonchev–Trinajstić information content (AvgIpc) is 3.07. The highest BCUT2D eigenvalue weighted by Crippen LogP contribution is 2.25. The van der Waals surface area contributed by atoms with Crippen molar-refractivity contribution < 1.29 is 22.3 Å². The number of aromatic nitrogens is 3. The van der Waals surface area contributed by atoms with Gasteiger partial charge in [0, 0.05) is 12.3 Å². The monoisotopic (exact) mass is 435 g/mol. The number of hydrogen-bond donors (Lipinski definition) is 2. The van der Waals surface area contributed by atoms with E-state index >= 15 is 0 Å². The predicted molar refractivity (Wildman–Crippen MR) is 107 cm³/mol. The zero-order valence-electron chi connectivity index (χ0n) is 14.9. The van der Waals surface area contributed by atoms with Crippen molar-refractivity contribution in [2.75, 3.05) is 16.3 Å². The van der Waals surface area contributed by atoms with Crippen LogP contribution in [0.3, 0.4) is 0 Å². The van der Waals surface area contributed by atoms with E-state index in [1.54, 1.807) is 24.4 Å². The van der Waals surface area contributed by atoms with Crippen LogP contribution in [0.25, 0.3) is 6.08 Å². The number of hydrogen-bond acceptors (Lipinski definition) is 8. The zero-order valence-corrected chi connectivity index (χ0v) is 16.5. The molecule has 0 saturated heterocycles. The molecule has 0 aliphatic heterocycles. The molecule has 0 spiro atoms. The Morgan fingerprint density at radius 1 is 1.24 bits per heavy atom. The van der Waals surface area contributed by atoms with Gasteiger partial charge in [-0.25, -0.2) is 12.8 Å². The number of nitrogens with zero attached hydrogens (tertiary/aromatic N) is 3. The maximum Gasteiger partial charge on any atom is 0.250 e. The molecule has 0 aliphatic rings. The first-order valence-electron chi connectivity index (χ1n) is 7.96. The number of carbonyl (C=O) groups excluding carboxylic acids is 1. The Bertz CT molecular complexity index is 1150. The van der Waals surface area contributed by atoms with Gasteiger partial charge in [-0.05, 0) is 35.9 Å². The minimum Gasteiger partial charge on any atom is -0.453 e. The molecule has 1 amide bonds. The summed E-state index contributed by atoms with van der Waals surface area (Å²) in [6.07, 6.45) is 6.60. The second-order valence-electron chi connectivity index (χ2n) is 5.59. The first-order chi connectivity index (χ1) is 13.8. The molecule has 1 aromatic carbocycles. The van der Waals surface area contributed by atoms with Crippen LogP contribution < -0.4 is 14.8 Å². The molecule has 2 aromatic heterocycles. The van der Waals surface area contributed by atoms with Gasteiger partial charge in [0.2, 0.25) is 26.2 Å². The van der Waals surface area contributed by atoms with E-state index in [0.29, 0.717) is 11.3 Å². The molecule has 12 heteroatoms. The van der Waals surface area contributed by atoms with Gasteiger partial charge < -0.3 is 4.74 Å². The molecule has 3 rings (SSSR count). The van der Waals surface area contributed by atoms with Crippen molar-refractivity contribution in [3.05, 3.63) is 60.2 Å². The summed E-state index contributed by atoms with van der Waals surface area (Å²) in [5.74, 6) is -0.713. The molecular formula is C17H14FN5O4S2. The van der Waals surface area contributed by atoms with Gasteiger partial charge in [0.15, 0.2) is 11.6 Å². The first kappa shape index (κ1) is 20.4. The Balaban J connectivity index is 1.61. The molecule has 2 N–H and O–H groups in total. The lowest BCUT2D eigenvalue weighted by Gasteiger charge is -2.06. The second-order valence-corrected chi connectivity index (χ2v) is 8.32. The third-order valence-electron chi connectivity index (χ3n) is 3.17. The fourth-order valence-electron chi connectivity index (χ4n) is 2.03. The van der Waals surface area contributed by atoms with E-state index in [1.807, 2.05) is 0 Å². The minimum absolute atomic E-state index is 0.0260. The Kier molecular flexibility index (Phi) is 6.14. The fourth-order valence-corrected chi connectivity index (χ4v) is 3.51. The number of anilines is 2. The molecule has 29 heavy (non-hydrogen) atoms. The van der Waals surface area contributed by atoms with Gasteiger partial charge in [0.05, 0.1) is 12.5 Å². The van der Waals surface area contributed by atoms with E-state index in [4.69, 9.17) is 4.74 Å². The highest BCUT2D eigenvalue weighted by molar-refractivity contribution is 7.92. The highest BCUT2D eigenvalue weighted by atomic mass is 32.2. The molecule has 3 aromatic rings. The lowest BCUT2D eigenvalue weighted by Crippen LogP contribution is -2.09. The molecule has 0 radical (unpaired) electrons. The Hall–Kier alpha value is -3.38. The molecule has 0 bridgehead atoms. The number of carbonyl (C=O) groups is 1. The molecule has 0 atom stereocenters. The van der Waals surface area contributed by atoms with Crippen molar-refractivity contribution in [3.8, 4) is 11.5 Å². The summed E-state index contributed by atoms with van der Waals surface area (Å²) in [4.78, 5) is 15.8. The van der Waals surface area contributed by atoms with Crippen LogP contribution in [-0.4, -0.2) is 35.8 Å². The fraction of sp³-hybridized carbons (Fsp3) is 0.0588. The maximum atomic E-state index is 14.2. The molecular weight excluding hydrogens is 421 g/mol. The van der Waals surface area contributed by atoms with E-state index in [9.17, 15) is 17.6 Å². The minimum atomic E-state index is -3.48. The standard InChI is InChI=1S/C17H14FN5O4S2/c1-29(25,26)23-17-22-21-16(28-17)20-15(24)7-5-11-4-6-14(13(18)9-11)27-12-3-2-8-19-10-12/h2-10H,1H3,(H,22,23)(H,20,21,24)/b7-5+. The van der Waals surface area contributed by atoms with Crippen LogP contribution in [-0.2, 0) is 14.8 Å². The summed E-state index contributed by atoms with van der Waals surface area (Å²) in [5, 5.41) is 9.83. The summed E-state index contributed by atoms with van der Waals surface area (Å²) in [6, 6.07) is 7.55. The van der Waals surface area contributed by atoms with Gasteiger partial charge in [0.1, 0.15) is 5.75 Å².